The van der Waals surface area contributed by atoms with Gasteiger partial charge in [0.05, 0.1) is 17.7 Å². The first-order valence-electron chi connectivity index (χ1n) is 10.7. The molecule has 0 atom stereocenters. The van der Waals surface area contributed by atoms with Crippen molar-refractivity contribution >= 4 is 22.1 Å². The Morgan fingerprint density at radius 3 is 2.26 bits per heavy atom. The van der Waals surface area contributed by atoms with Gasteiger partial charge in [-0.15, -0.1) is 0 Å². The molecule has 3 rings (SSSR count). The molecule has 0 aromatic heterocycles. The van der Waals surface area contributed by atoms with Gasteiger partial charge in [0.1, 0.15) is 12.4 Å². The van der Waals surface area contributed by atoms with Crippen LogP contribution in [0.25, 0.3) is 0 Å². The molecule has 0 spiro atoms. The molecule has 3 aromatic carbocycles. The molecule has 3 aromatic rings. The summed E-state index contributed by atoms with van der Waals surface area (Å²) in [5, 5.41) is 3.96. The van der Waals surface area contributed by atoms with Gasteiger partial charge in [0, 0.05) is 6.54 Å². The molecule has 1 N–H and O–H groups in total. The van der Waals surface area contributed by atoms with E-state index in [2.05, 4.69) is 17.1 Å². The molecule has 0 heterocycles. The molecule has 0 bridgehead atoms. The van der Waals surface area contributed by atoms with Crippen LogP contribution in [-0.4, -0.2) is 44.5 Å². The number of benzene rings is 3. The summed E-state index contributed by atoms with van der Waals surface area (Å²) in [6.45, 7) is 3.82. The maximum Gasteiger partial charge on any atom is 0.255 e. The lowest BCUT2D eigenvalue weighted by molar-refractivity contribution is -0.121. The quantitative estimate of drug-likeness (QED) is 0.245. The van der Waals surface area contributed by atoms with Crippen LogP contribution in [0.1, 0.15) is 11.1 Å². The van der Waals surface area contributed by atoms with Gasteiger partial charge >= 0.3 is 0 Å². The molecule has 0 unspecified atom stereocenters. The Labute approximate surface area is 200 Å². The topological polar surface area (TPSA) is 88.1 Å². The number of carbonyl (C=O) groups is 1. The van der Waals surface area contributed by atoms with Gasteiger partial charge in [-0.2, -0.15) is 9.41 Å². The number of nitrogens with zero attached hydrogens (tertiary/aromatic N) is 2. The minimum atomic E-state index is -3.86. The summed E-state index contributed by atoms with van der Waals surface area (Å²) in [5.41, 5.74) is 4.15. The fraction of sp³-hybridized carbons (Fsp3) is 0.154. The third kappa shape index (κ3) is 7.40. The molecular weight excluding hydrogens is 450 g/mol. The van der Waals surface area contributed by atoms with E-state index in [4.69, 9.17) is 4.74 Å². The zero-order valence-electron chi connectivity index (χ0n) is 18.7. The number of hydrogen-bond donors (Lipinski definition) is 1. The lowest BCUT2D eigenvalue weighted by Crippen LogP contribution is -2.40. The van der Waals surface area contributed by atoms with Crippen LogP contribution in [0.15, 0.2) is 108 Å². The molecule has 0 saturated heterocycles. The molecular formula is C26H27N3O4S. The second kappa shape index (κ2) is 12.5. The minimum absolute atomic E-state index is 0.137. The van der Waals surface area contributed by atoms with E-state index in [0.717, 1.165) is 11.1 Å². The lowest BCUT2D eigenvalue weighted by Gasteiger charge is -2.21. The Morgan fingerprint density at radius 2 is 1.62 bits per heavy atom. The van der Waals surface area contributed by atoms with Gasteiger partial charge < -0.3 is 4.74 Å². The maximum atomic E-state index is 13.2. The normalized spacial score (nSPS) is 11.4. The molecule has 0 saturated carbocycles. The van der Waals surface area contributed by atoms with Gasteiger partial charge in [-0.1, -0.05) is 61.2 Å². The number of ether oxygens (including phenoxy) is 1. The minimum Gasteiger partial charge on any atom is -0.490 e. The zero-order valence-corrected chi connectivity index (χ0v) is 19.5. The molecule has 0 fully saturated rings. The van der Waals surface area contributed by atoms with Crippen LogP contribution < -0.4 is 10.2 Å². The molecule has 34 heavy (non-hydrogen) atoms. The SMILES string of the molecule is C=CCOc1ccc(/C=N\NC(=O)CN(CCc2ccccc2)S(=O)(=O)c2ccccc2)cc1. The summed E-state index contributed by atoms with van der Waals surface area (Å²) in [7, 11) is -3.86. The van der Waals surface area contributed by atoms with E-state index in [0.29, 0.717) is 18.8 Å². The van der Waals surface area contributed by atoms with Crippen molar-refractivity contribution in [3.05, 3.63) is 109 Å². The summed E-state index contributed by atoms with van der Waals surface area (Å²) in [6.07, 6.45) is 3.62. The first kappa shape index (κ1) is 24.9. The Kier molecular flexibility index (Phi) is 9.13. The van der Waals surface area contributed by atoms with Crippen molar-refractivity contribution in [2.45, 2.75) is 11.3 Å². The van der Waals surface area contributed by atoms with E-state index in [1.54, 1.807) is 48.5 Å². The molecule has 0 aliphatic carbocycles. The molecule has 0 aliphatic rings. The van der Waals surface area contributed by atoms with Crippen LogP contribution in [0, 0.1) is 0 Å². The number of sulfonamides is 1. The van der Waals surface area contributed by atoms with Gasteiger partial charge in [-0.05, 0) is 53.9 Å². The van der Waals surface area contributed by atoms with Crippen molar-refractivity contribution in [1.82, 2.24) is 9.73 Å². The number of rotatable bonds is 12. The highest BCUT2D eigenvalue weighted by atomic mass is 32.2. The molecule has 176 valence electrons. The van der Waals surface area contributed by atoms with E-state index >= 15 is 0 Å². The van der Waals surface area contributed by atoms with Crippen molar-refractivity contribution in [2.24, 2.45) is 5.10 Å². The van der Waals surface area contributed by atoms with Crippen LogP contribution in [0.5, 0.6) is 5.75 Å². The summed E-state index contributed by atoms with van der Waals surface area (Å²) >= 11 is 0. The van der Waals surface area contributed by atoms with Crippen molar-refractivity contribution in [3.8, 4) is 5.75 Å². The first-order valence-corrected chi connectivity index (χ1v) is 12.2. The lowest BCUT2D eigenvalue weighted by atomic mass is 10.1. The van der Waals surface area contributed by atoms with Crippen molar-refractivity contribution < 1.29 is 17.9 Å². The highest BCUT2D eigenvalue weighted by Crippen LogP contribution is 2.16. The van der Waals surface area contributed by atoms with Crippen LogP contribution in [0.3, 0.4) is 0 Å². The van der Waals surface area contributed by atoms with Gasteiger partial charge in [-0.25, -0.2) is 13.8 Å². The Bertz CT molecular complexity index is 1200. The van der Waals surface area contributed by atoms with Crippen LogP contribution >= 0.6 is 0 Å². The standard InChI is InChI=1S/C26H27N3O4S/c1-2-19-33-24-15-13-23(14-16-24)20-27-28-26(30)21-29(18-17-22-9-5-3-6-10-22)34(31,32)25-11-7-4-8-12-25/h2-16,20H,1,17-19,21H2,(H,28,30)/b27-20-. The maximum absolute atomic E-state index is 13.2. The highest BCUT2D eigenvalue weighted by Gasteiger charge is 2.26. The fourth-order valence-electron chi connectivity index (χ4n) is 3.10. The average Bonchev–Trinajstić information content (AvgIpc) is 2.87. The molecule has 0 aliphatic heterocycles. The van der Waals surface area contributed by atoms with Crippen LogP contribution in [-0.2, 0) is 21.2 Å². The summed E-state index contributed by atoms with van der Waals surface area (Å²) in [6, 6.07) is 24.8. The Hall–Kier alpha value is -3.75. The average molecular weight is 478 g/mol. The first-order chi connectivity index (χ1) is 16.5. The summed E-state index contributed by atoms with van der Waals surface area (Å²) in [4.78, 5) is 12.7. The molecule has 0 radical (unpaired) electrons. The molecule has 8 heteroatoms. The van der Waals surface area contributed by atoms with Gasteiger partial charge in [0.2, 0.25) is 10.0 Å². The highest BCUT2D eigenvalue weighted by molar-refractivity contribution is 7.89. The van der Waals surface area contributed by atoms with E-state index in [1.165, 1.54) is 22.7 Å². The third-order valence-electron chi connectivity index (χ3n) is 4.84. The second-order valence-electron chi connectivity index (χ2n) is 7.35. The van der Waals surface area contributed by atoms with Crippen molar-refractivity contribution in [3.63, 3.8) is 0 Å². The molecule has 7 nitrogen and oxygen atoms in total. The van der Waals surface area contributed by atoms with Gasteiger partial charge in [0.25, 0.3) is 5.91 Å². The van der Waals surface area contributed by atoms with E-state index < -0.39 is 15.9 Å². The number of nitrogens with one attached hydrogen (secondary N) is 1. The van der Waals surface area contributed by atoms with E-state index in [1.807, 2.05) is 30.3 Å². The van der Waals surface area contributed by atoms with E-state index in [9.17, 15) is 13.2 Å². The van der Waals surface area contributed by atoms with Crippen LogP contribution in [0.2, 0.25) is 0 Å². The second-order valence-corrected chi connectivity index (χ2v) is 9.29. The predicted octanol–water partition coefficient (Wildman–Crippen LogP) is 3.64. The third-order valence-corrected chi connectivity index (χ3v) is 6.70. The predicted molar refractivity (Wildman–Crippen MR) is 133 cm³/mol. The van der Waals surface area contributed by atoms with Crippen LogP contribution in [0.4, 0.5) is 0 Å². The monoisotopic (exact) mass is 477 g/mol. The number of amides is 1. The van der Waals surface area contributed by atoms with Gasteiger partial charge in [-0.3, -0.25) is 4.79 Å². The summed E-state index contributed by atoms with van der Waals surface area (Å²) in [5.74, 6) is 0.163. The summed E-state index contributed by atoms with van der Waals surface area (Å²) < 4.78 is 33.0. The fourth-order valence-corrected chi connectivity index (χ4v) is 4.52. The smallest absolute Gasteiger partial charge is 0.255 e. The number of carbonyl (C=O) groups excluding carboxylic acids is 1. The Morgan fingerprint density at radius 1 is 0.971 bits per heavy atom. The number of hydrogen-bond acceptors (Lipinski definition) is 5. The largest absolute Gasteiger partial charge is 0.490 e. The van der Waals surface area contributed by atoms with E-state index in [-0.39, 0.29) is 18.0 Å². The number of hydrazone groups is 1. The van der Waals surface area contributed by atoms with Crippen molar-refractivity contribution in [1.29, 1.82) is 0 Å². The van der Waals surface area contributed by atoms with Crippen molar-refractivity contribution in [2.75, 3.05) is 19.7 Å². The molecule has 1 amide bonds. The van der Waals surface area contributed by atoms with Gasteiger partial charge in [0.15, 0.2) is 0 Å². The zero-order chi connectivity index (χ0) is 24.2. The Balaban J connectivity index is 1.65.